The van der Waals surface area contributed by atoms with Crippen LogP contribution >= 0.6 is 11.8 Å². The highest BCUT2D eigenvalue weighted by molar-refractivity contribution is 7.98. The summed E-state index contributed by atoms with van der Waals surface area (Å²) in [5.41, 5.74) is 2.87. The van der Waals surface area contributed by atoms with Crippen molar-refractivity contribution >= 4 is 23.5 Å². The number of rotatable bonds is 9. The third-order valence-electron chi connectivity index (χ3n) is 7.36. The first-order valence-electron chi connectivity index (χ1n) is 12.1. The molecule has 1 fully saturated rings. The van der Waals surface area contributed by atoms with Gasteiger partial charge in [0.1, 0.15) is 11.6 Å². The Balaban J connectivity index is 1.46. The molecule has 1 N–H and O–H groups in total. The van der Waals surface area contributed by atoms with Crippen LogP contribution in [0.15, 0.2) is 83.8 Å². The molecule has 0 heterocycles. The summed E-state index contributed by atoms with van der Waals surface area (Å²) >= 11 is 1.76. The normalized spacial score (nSPS) is 19.4. The number of benzene rings is 3. The minimum atomic E-state index is -0.372. The zero-order valence-electron chi connectivity index (χ0n) is 20.5. The first-order valence-corrected chi connectivity index (χ1v) is 13.0. The molecule has 3 aromatic carbocycles. The van der Waals surface area contributed by atoms with Crippen molar-refractivity contribution in [3.05, 3.63) is 101 Å². The Hall–Kier alpha value is -2.92. The molecule has 1 aliphatic carbocycles. The fourth-order valence-electron chi connectivity index (χ4n) is 5.01. The van der Waals surface area contributed by atoms with Crippen LogP contribution in [-0.4, -0.2) is 11.7 Å². The number of ketones is 1. The molecule has 0 saturated heterocycles. The van der Waals surface area contributed by atoms with E-state index in [2.05, 4.69) is 43.4 Å². The molecule has 0 bridgehead atoms. The highest BCUT2D eigenvalue weighted by Gasteiger charge is 2.50. The SMILES string of the molecule is CC(=O)[C@@H]1C[C@H](CC(=O)NC(c2ccc(F)cc2)c2ccc(SCc3ccccc3)cc2)C1(C)C. The Labute approximate surface area is 211 Å². The number of carbonyl (C=O) groups is 2. The van der Waals surface area contributed by atoms with Crippen LogP contribution in [-0.2, 0) is 15.3 Å². The Bertz CT molecular complexity index is 1160. The Kier molecular flexibility index (Phi) is 7.75. The highest BCUT2D eigenvalue weighted by atomic mass is 32.2. The van der Waals surface area contributed by atoms with Gasteiger partial charge in [0.05, 0.1) is 6.04 Å². The van der Waals surface area contributed by atoms with Crippen LogP contribution in [0.5, 0.6) is 0 Å². The average molecular weight is 490 g/mol. The second-order valence-electron chi connectivity index (χ2n) is 10.0. The second-order valence-corrected chi connectivity index (χ2v) is 11.1. The van der Waals surface area contributed by atoms with Gasteiger partial charge in [0.2, 0.25) is 5.91 Å². The first kappa shape index (κ1) is 25.2. The lowest BCUT2D eigenvalue weighted by atomic mass is 9.52. The van der Waals surface area contributed by atoms with Gasteiger partial charge in [-0.3, -0.25) is 9.59 Å². The molecule has 182 valence electrons. The topological polar surface area (TPSA) is 46.2 Å². The van der Waals surface area contributed by atoms with Crippen molar-refractivity contribution in [1.82, 2.24) is 5.32 Å². The molecule has 3 atom stereocenters. The van der Waals surface area contributed by atoms with Crippen LogP contribution in [0, 0.1) is 23.1 Å². The third-order valence-corrected chi connectivity index (χ3v) is 8.45. The molecule has 35 heavy (non-hydrogen) atoms. The predicted molar refractivity (Wildman–Crippen MR) is 140 cm³/mol. The number of carbonyl (C=O) groups excluding carboxylic acids is 2. The summed E-state index contributed by atoms with van der Waals surface area (Å²) in [4.78, 5) is 26.1. The molecule has 0 spiro atoms. The molecule has 1 amide bonds. The van der Waals surface area contributed by atoms with Gasteiger partial charge in [0.25, 0.3) is 0 Å². The van der Waals surface area contributed by atoms with Gasteiger partial charge in [-0.2, -0.15) is 0 Å². The van der Waals surface area contributed by atoms with E-state index in [-0.39, 0.29) is 40.8 Å². The summed E-state index contributed by atoms with van der Waals surface area (Å²) in [6, 6.07) is 24.4. The number of hydrogen-bond donors (Lipinski definition) is 1. The molecular formula is C30H32FNO2S. The lowest BCUT2D eigenvalue weighted by Gasteiger charge is -2.51. The summed E-state index contributed by atoms with van der Waals surface area (Å²) < 4.78 is 13.6. The summed E-state index contributed by atoms with van der Waals surface area (Å²) in [5, 5.41) is 3.17. The summed E-state index contributed by atoms with van der Waals surface area (Å²) in [7, 11) is 0. The maximum Gasteiger partial charge on any atom is 0.221 e. The van der Waals surface area contributed by atoms with Crippen LogP contribution in [0.1, 0.15) is 56.3 Å². The lowest BCUT2D eigenvalue weighted by molar-refractivity contribution is -0.141. The maximum atomic E-state index is 13.6. The predicted octanol–water partition coefficient (Wildman–Crippen LogP) is 6.97. The standard InChI is InChI=1S/C30H32FNO2S/c1-20(33)27-17-24(30(27,2)3)18-28(34)32-29(22-9-13-25(31)14-10-22)23-11-15-26(16-12-23)35-19-21-7-5-4-6-8-21/h4-16,24,27,29H,17-19H2,1-3H3,(H,32,34)/t24-,27+,29?/m1/s1. The lowest BCUT2D eigenvalue weighted by Crippen LogP contribution is -2.50. The molecule has 5 heteroatoms. The van der Waals surface area contributed by atoms with E-state index in [0.717, 1.165) is 28.2 Å². The Morgan fingerprint density at radius 1 is 0.971 bits per heavy atom. The van der Waals surface area contributed by atoms with Gasteiger partial charge in [-0.25, -0.2) is 4.39 Å². The number of nitrogens with one attached hydrogen (secondary N) is 1. The Morgan fingerprint density at radius 3 is 2.14 bits per heavy atom. The number of thioether (sulfide) groups is 1. The van der Waals surface area contributed by atoms with Gasteiger partial charge in [-0.15, -0.1) is 11.8 Å². The largest absolute Gasteiger partial charge is 0.345 e. The van der Waals surface area contributed by atoms with Gasteiger partial charge in [-0.1, -0.05) is 68.4 Å². The summed E-state index contributed by atoms with van der Waals surface area (Å²) in [5.74, 6) is 0.911. The molecule has 3 aromatic rings. The minimum absolute atomic E-state index is 0.0223. The van der Waals surface area contributed by atoms with Gasteiger partial charge in [0, 0.05) is 23.0 Å². The van der Waals surface area contributed by atoms with E-state index in [9.17, 15) is 14.0 Å². The van der Waals surface area contributed by atoms with E-state index in [4.69, 9.17) is 0 Å². The quantitative estimate of drug-likeness (QED) is 0.330. The molecule has 1 aliphatic rings. The van der Waals surface area contributed by atoms with Gasteiger partial charge < -0.3 is 5.32 Å². The molecular weight excluding hydrogens is 457 g/mol. The van der Waals surface area contributed by atoms with Crippen molar-refractivity contribution in [2.45, 2.75) is 50.3 Å². The van der Waals surface area contributed by atoms with Gasteiger partial charge >= 0.3 is 0 Å². The van der Waals surface area contributed by atoms with Gasteiger partial charge in [0.15, 0.2) is 0 Å². The summed E-state index contributed by atoms with van der Waals surface area (Å²) in [6.07, 6.45) is 1.13. The average Bonchev–Trinajstić information content (AvgIpc) is 2.85. The minimum Gasteiger partial charge on any atom is -0.345 e. The van der Waals surface area contributed by atoms with Crippen molar-refractivity contribution in [1.29, 1.82) is 0 Å². The zero-order valence-corrected chi connectivity index (χ0v) is 21.3. The van der Waals surface area contributed by atoms with E-state index in [1.807, 2.05) is 30.3 Å². The number of amides is 1. The molecule has 4 rings (SSSR count). The number of Topliss-reactive ketones (excluding diaryl/α,β-unsaturated/α-hetero) is 1. The van der Waals surface area contributed by atoms with E-state index in [0.29, 0.717) is 6.42 Å². The van der Waals surface area contributed by atoms with E-state index >= 15 is 0 Å². The summed E-state index contributed by atoms with van der Waals surface area (Å²) in [6.45, 7) is 5.78. The molecule has 0 aromatic heterocycles. The van der Waals surface area contributed by atoms with Crippen molar-refractivity contribution in [2.24, 2.45) is 17.3 Å². The van der Waals surface area contributed by atoms with Crippen LogP contribution in [0.2, 0.25) is 0 Å². The smallest absolute Gasteiger partial charge is 0.221 e. The van der Waals surface area contributed by atoms with E-state index in [1.165, 1.54) is 17.7 Å². The van der Waals surface area contributed by atoms with Crippen molar-refractivity contribution in [3.8, 4) is 0 Å². The van der Waals surface area contributed by atoms with Gasteiger partial charge in [-0.05, 0) is 65.6 Å². The third kappa shape index (κ3) is 6.02. The van der Waals surface area contributed by atoms with Crippen LogP contribution < -0.4 is 5.32 Å². The van der Waals surface area contributed by atoms with Crippen LogP contribution in [0.25, 0.3) is 0 Å². The van der Waals surface area contributed by atoms with Crippen molar-refractivity contribution in [2.75, 3.05) is 0 Å². The molecule has 3 nitrogen and oxygen atoms in total. The van der Waals surface area contributed by atoms with Crippen LogP contribution in [0.4, 0.5) is 4.39 Å². The monoisotopic (exact) mass is 489 g/mol. The highest BCUT2D eigenvalue weighted by Crippen LogP contribution is 2.53. The number of halogens is 1. The van der Waals surface area contributed by atoms with Crippen LogP contribution in [0.3, 0.4) is 0 Å². The fraction of sp³-hybridized carbons (Fsp3) is 0.333. The van der Waals surface area contributed by atoms with E-state index < -0.39 is 0 Å². The second kappa shape index (κ2) is 10.8. The van der Waals surface area contributed by atoms with Crippen molar-refractivity contribution < 1.29 is 14.0 Å². The molecule has 1 saturated carbocycles. The number of hydrogen-bond acceptors (Lipinski definition) is 3. The van der Waals surface area contributed by atoms with Crippen molar-refractivity contribution in [3.63, 3.8) is 0 Å². The molecule has 0 radical (unpaired) electrons. The van der Waals surface area contributed by atoms with E-state index in [1.54, 1.807) is 30.8 Å². The fourth-order valence-corrected chi connectivity index (χ4v) is 5.86. The Morgan fingerprint density at radius 2 is 1.57 bits per heavy atom. The molecule has 1 unspecified atom stereocenters. The zero-order chi connectivity index (χ0) is 25.0. The maximum absolute atomic E-state index is 13.6. The molecule has 0 aliphatic heterocycles. The first-order chi connectivity index (χ1) is 16.7.